The van der Waals surface area contributed by atoms with Gasteiger partial charge in [0.25, 0.3) is 0 Å². The molecule has 0 aliphatic heterocycles. The Labute approximate surface area is 225 Å². The van der Waals surface area contributed by atoms with Crippen molar-refractivity contribution in [3.63, 3.8) is 0 Å². The number of methoxy groups -OCH3 is 1. The Hall–Kier alpha value is -3.00. The molecule has 0 saturated carbocycles. The van der Waals surface area contributed by atoms with Crippen LogP contribution in [0, 0.1) is 10.8 Å². The normalized spacial score (nSPS) is 13.6. The van der Waals surface area contributed by atoms with Gasteiger partial charge in [-0.05, 0) is 85.0 Å². The van der Waals surface area contributed by atoms with Gasteiger partial charge in [-0.3, -0.25) is 4.79 Å². The minimum absolute atomic E-state index is 0.0697. The molecule has 0 radical (unpaired) electrons. The number of esters is 1. The molecule has 3 rings (SSSR count). The van der Waals surface area contributed by atoms with Crippen LogP contribution in [0.1, 0.15) is 54.4 Å². The first-order chi connectivity index (χ1) is 17.5. The summed E-state index contributed by atoms with van der Waals surface area (Å²) < 4.78 is 14.2. The van der Waals surface area contributed by atoms with Gasteiger partial charge < -0.3 is 14.4 Å². The Balaban J connectivity index is 1.61. The van der Waals surface area contributed by atoms with E-state index in [9.17, 15) is 4.79 Å². The molecule has 1 aromatic heterocycles. The van der Waals surface area contributed by atoms with Crippen molar-refractivity contribution >= 4 is 44.0 Å². The molecule has 1 atom stereocenters. The summed E-state index contributed by atoms with van der Waals surface area (Å²) in [6, 6.07) is 14.0. The molecule has 200 valence electrons. The van der Waals surface area contributed by atoms with E-state index in [1.165, 1.54) is 0 Å². The summed E-state index contributed by atoms with van der Waals surface area (Å²) in [6.45, 7) is 14.5. The predicted molar refractivity (Wildman–Crippen MR) is 151 cm³/mol. The van der Waals surface area contributed by atoms with Gasteiger partial charge in [0.05, 0.1) is 35.9 Å². The number of aryl methyl sites for hydroxylation is 1. The van der Waals surface area contributed by atoms with Gasteiger partial charge >= 0.3 is 11.1 Å². The highest BCUT2D eigenvalue weighted by molar-refractivity contribution is 7.21. The third-order valence-electron chi connectivity index (χ3n) is 6.65. The van der Waals surface area contributed by atoms with Gasteiger partial charge in [0, 0.05) is 18.3 Å². The lowest BCUT2D eigenvalue weighted by molar-refractivity contribution is -0.627. The highest BCUT2D eigenvalue weighted by atomic mass is 32.1. The van der Waals surface area contributed by atoms with E-state index in [1.807, 2.05) is 61.0 Å². The van der Waals surface area contributed by atoms with Crippen LogP contribution >= 0.6 is 11.3 Å². The van der Waals surface area contributed by atoms with Gasteiger partial charge in [0.15, 0.2) is 0 Å². The van der Waals surface area contributed by atoms with Gasteiger partial charge in [-0.2, -0.15) is 0 Å². The Morgan fingerprint density at radius 2 is 1.76 bits per heavy atom. The Bertz CT molecular complexity index is 1230. The van der Waals surface area contributed by atoms with Gasteiger partial charge in [0.2, 0.25) is 0 Å². The smallest absolute Gasteiger partial charge is 0.409 e. The number of anilines is 1. The topological polar surface area (TPSA) is 67.4 Å². The zero-order valence-corrected chi connectivity index (χ0v) is 24.3. The molecule has 0 spiro atoms. The number of hydrogen-bond acceptors (Lipinski definition) is 7. The second-order valence-corrected chi connectivity index (χ2v) is 11.9. The average Bonchev–Trinajstić information content (AvgIpc) is 3.19. The molecule has 0 fully saturated rings. The fraction of sp³-hybridized carbons (Fsp3) is 0.517. The SMILES string of the molecule is CCN(CCOC(=O)C(C)(CC)CC(C)(C)C)c1ccc(N=Nc2sc3cc(OC)ccc3[n+]2C)cc1. The number of benzene rings is 2. The highest BCUT2D eigenvalue weighted by Crippen LogP contribution is 2.37. The van der Waals surface area contributed by atoms with Crippen LogP contribution in [0.5, 0.6) is 5.75 Å². The van der Waals surface area contributed by atoms with Crippen LogP contribution in [0.25, 0.3) is 10.2 Å². The van der Waals surface area contributed by atoms with Gasteiger partial charge in [-0.1, -0.05) is 27.7 Å². The third-order valence-corrected chi connectivity index (χ3v) is 7.74. The van der Waals surface area contributed by atoms with Crippen LogP contribution in [0.15, 0.2) is 52.7 Å². The Morgan fingerprint density at radius 1 is 1.05 bits per heavy atom. The molecule has 1 unspecified atom stereocenters. The highest BCUT2D eigenvalue weighted by Gasteiger charge is 2.37. The van der Waals surface area contributed by atoms with Crippen LogP contribution in [-0.2, 0) is 16.6 Å². The number of rotatable bonds is 11. The van der Waals surface area contributed by atoms with E-state index in [1.54, 1.807) is 18.4 Å². The first kappa shape index (κ1) is 28.6. The first-order valence-corrected chi connectivity index (χ1v) is 13.7. The molecule has 0 amide bonds. The molecule has 0 bridgehead atoms. The van der Waals surface area contributed by atoms with Crippen molar-refractivity contribution in [2.24, 2.45) is 28.1 Å². The number of nitrogens with zero attached hydrogens (tertiary/aromatic N) is 4. The lowest BCUT2D eigenvalue weighted by Crippen LogP contribution is -2.35. The van der Waals surface area contributed by atoms with Crippen molar-refractivity contribution in [3.05, 3.63) is 42.5 Å². The molecule has 0 saturated heterocycles. The number of likely N-dealkylation sites (N-methyl/N-ethyl adjacent to an activating group) is 1. The summed E-state index contributed by atoms with van der Waals surface area (Å²) in [5.41, 5.74) is 2.54. The van der Waals surface area contributed by atoms with Crippen molar-refractivity contribution < 1.29 is 18.8 Å². The van der Waals surface area contributed by atoms with E-state index in [0.29, 0.717) is 13.2 Å². The van der Waals surface area contributed by atoms with E-state index in [-0.39, 0.29) is 11.4 Å². The maximum Gasteiger partial charge on any atom is 0.409 e. The van der Waals surface area contributed by atoms with Gasteiger partial charge in [0.1, 0.15) is 23.6 Å². The minimum Gasteiger partial charge on any atom is -0.497 e. The van der Waals surface area contributed by atoms with Crippen LogP contribution in [0.2, 0.25) is 0 Å². The summed E-state index contributed by atoms with van der Waals surface area (Å²) in [4.78, 5) is 15.1. The summed E-state index contributed by atoms with van der Waals surface area (Å²) in [7, 11) is 3.66. The third kappa shape index (κ3) is 7.28. The average molecular weight is 526 g/mol. The van der Waals surface area contributed by atoms with E-state index in [2.05, 4.69) is 49.7 Å². The number of fused-ring (bicyclic) bond motifs is 1. The number of carbonyl (C=O) groups excluding carboxylic acids is 1. The molecule has 3 aromatic rings. The molecule has 1 heterocycles. The van der Waals surface area contributed by atoms with Crippen molar-refractivity contribution in [1.29, 1.82) is 0 Å². The molecular formula is C29H41N4O3S+. The second-order valence-electron chi connectivity index (χ2n) is 10.9. The standard InChI is InChI=1S/C29H41N4O3S/c1-9-29(6,20-28(3,4)5)26(34)36-18-17-33(10-2)22-13-11-21(12-14-22)30-31-27-32(7)24-16-15-23(35-8)19-25(24)37-27/h11-16,19H,9-10,17-18,20H2,1-8H3/q+1. The lowest BCUT2D eigenvalue weighted by atomic mass is 9.73. The molecule has 7 nitrogen and oxygen atoms in total. The van der Waals surface area contributed by atoms with Crippen LogP contribution in [0.4, 0.5) is 16.5 Å². The van der Waals surface area contributed by atoms with E-state index < -0.39 is 5.41 Å². The second kappa shape index (κ2) is 12.0. The van der Waals surface area contributed by atoms with Gasteiger partial charge in [-0.15, -0.1) is 0 Å². The van der Waals surface area contributed by atoms with Gasteiger partial charge in [-0.25, -0.2) is 4.57 Å². The monoisotopic (exact) mass is 525 g/mol. The minimum atomic E-state index is -0.459. The van der Waals surface area contributed by atoms with Crippen LogP contribution in [0.3, 0.4) is 0 Å². The quantitative estimate of drug-likeness (QED) is 0.149. The van der Waals surface area contributed by atoms with Crippen molar-refractivity contribution in [2.45, 2.75) is 54.4 Å². The number of carbonyl (C=O) groups is 1. The summed E-state index contributed by atoms with van der Waals surface area (Å²) in [5.74, 6) is 0.720. The zero-order valence-electron chi connectivity index (χ0n) is 23.5. The van der Waals surface area contributed by atoms with Crippen LogP contribution in [-0.4, -0.2) is 32.8 Å². The summed E-state index contributed by atoms with van der Waals surface area (Å²) in [6.07, 6.45) is 1.57. The first-order valence-electron chi connectivity index (χ1n) is 12.9. The maximum absolute atomic E-state index is 12.9. The fourth-order valence-electron chi connectivity index (χ4n) is 4.57. The number of azo groups is 1. The Morgan fingerprint density at radius 3 is 2.35 bits per heavy atom. The molecule has 0 aliphatic rings. The van der Waals surface area contributed by atoms with Crippen molar-refractivity contribution in [3.8, 4) is 5.75 Å². The zero-order chi connectivity index (χ0) is 27.2. The van der Waals surface area contributed by atoms with E-state index in [0.717, 1.165) is 51.9 Å². The number of hydrogen-bond donors (Lipinski definition) is 0. The van der Waals surface area contributed by atoms with E-state index >= 15 is 0 Å². The molecule has 37 heavy (non-hydrogen) atoms. The number of aromatic nitrogens is 1. The van der Waals surface area contributed by atoms with Crippen molar-refractivity contribution in [2.75, 3.05) is 31.7 Å². The predicted octanol–water partition coefficient (Wildman–Crippen LogP) is 7.37. The molecular weight excluding hydrogens is 484 g/mol. The molecule has 2 aromatic carbocycles. The molecule has 0 N–H and O–H groups in total. The Kier molecular flexibility index (Phi) is 9.29. The summed E-state index contributed by atoms with van der Waals surface area (Å²) in [5, 5.41) is 9.75. The van der Waals surface area contributed by atoms with Crippen molar-refractivity contribution in [1.82, 2.24) is 0 Å². The molecule has 8 heteroatoms. The summed E-state index contributed by atoms with van der Waals surface area (Å²) >= 11 is 1.57. The van der Waals surface area contributed by atoms with Crippen LogP contribution < -0.4 is 14.2 Å². The maximum atomic E-state index is 12.9. The molecule has 0 aliphatic carbocycles. The number of thiazole rings is 1. The largest absolute Gasteiger partial charge is 0.497 e. The lowest BCUT2D eigenvalue weighted by Gasteiger charge is -2.33. The fourth-order valence-corrected chi connectivity index (χ4v) is 5.57. The van der Waals surface area contributed by atoms with E-state index in [4.69, 9.17) is 9.47 Å². The number of ether oxygens (including phenoxy) is 2.